The fourth-order valence-corrected chi connectivity index (χ4v) is 2.11. The van der Waals surface area contributed by atoms with E-state index < -0.39 is 5.97 Å². The predicted molar refractivity (Wildman–Crippen MR) is 75.6 cm³/mol. The van der Waals surface area contributed by atoms with Gasteiger partial charge in [0.05, 0.1) is 17.6 Å². The van der Waals surface area contributed by atoms with Crippen LogP contribution in [-0.4, -0.2) is 39.0 Å². The molecule has 0 saturated carbocycles. The number of aromatic amines is 1. The lowest BCUT2D eigenvalue weighted by Gasteiger charge is -2.18. The number of hydrogen-bond donors (Lipinski definition) is 2. The first-order chi connectivity index (χ1) is 9.60. The number of benzene rings is 1. The summed E-state index contributed by atoms with van der Waals surface area (Å²) in [6.45, 7) is 2.72. The lowest BCUT2D eigenvalue weighted by molar-refractivity contribution is -0.138. The predicted octanol–water partition coefficient (Wildman–Crippen LogP) is 1.22. The van der Waals surface area contributed by atoms with Gasteiger partial charge in [-0.3, -0.25) is 14.5 Å². The Balaban J connectivity index is 2.29. The van der Waals surface area contributed by atoms with Crippen LogP contribution in [0.2, 0.25) is 0 Å². The van der Waals surface area contributed by atoms with Gasteiger partial charge in [0.15, 0.2) is 0 Å². The molecule has 0 aliphatic carbocycles. The van der Waals surface area contributed by atoms with Crippen LogP contribution in [0.3, 0.4) is 0 Å². The Hall–Kier alpha value is -2.21. The SMILES string of the molecule is CCCN(CC(=O)O)Cc1nc2ccccc2[nH]c1=O. The summed E-state index contributed by atoms with van der Waals surface area (Å²) in [6.07, 6.45) is 0.818. The highest BCUT2D eigenvalue weighted by Gasteiger charge is 2.13. The number of aromatic nitrogens is 2. The maximum atomic E-state index is 12.0. The smallest absolute Gasteiger partial charge is 0.317 e. The van der Waals surface area contributed by atoms with Crippen molar-refractivity contribution < 1.29 is 9.90 Å². The standard InChI is InChI=1S/C14H17N3O3/c1-2-7-17(9-13(18)19)8-12-14(20)16-11-6-4-3-5-10(11)15-12/h3-6H,2,7-9H2,1H3,(H,16,20)(H,18,19). The Morgan fingerprint density at radius 1 is 1.40 bits per heavy atom. The van der Waals surface area contributed by atoms with Crippen LogP contribution >= 0.6 is 0 Å². The quantitative estimate of drug-likeness (QED) is 0.827. The van der Waals surface area contributed by atoms with Gasteiger partial charge in [-0.05, 0) is 25.1 Å². The first kappa shape index (κ1) is 14.2. The number of H-pyrrole nitrogens is 1. The molecule has 1 aromatic carbocycles. The van der Waals surface area contributed by atoms with E-state index in [1.54, 1.807) is 11.0 Å². The van der Waals surface area contributed by atoms with Crippen LogP contribution in [-0.2, 0) is 11.3 Å². The van der Waals surface area contributed by atoms with Gasteiger partial charge in [0.25, 0.3) is 5.56 Å². The van der Waals surface area contributed by atoms with Crippen molar-refractivity contribution in [1.29, 1.82) is 0 Å². The highest BCUT2D eigenvalue weighted by Crippen LogP contribution is 2.07. The van der Waals surface area contributed by atoms with Gasteiger partial charge in [-0.2, -0.15) is 0 Å². The molecule has 0 radical (unpaired) electrons. The third-order valence-electron chi connectivity index (χ3n) is 2.94. The van der Waals surface area contributed by atoms with Crippen molar-refractivity contribution in [2.75, 3.05) is 13.1 Å². The maximum absolute atomic E-state index is 12.0. The van der Waals surface area contributed by atoms with Crippen LogP contribution in [0.4, 0.5) is 0 Å². The molecule has 20 heavy (non-hydrogen) atoms. The van der Waals surface area contributed by atoms with E-state index in [0.29, 0.717) is 23.3 Å². The molecular formula is C14H17N3O3. The summed E-state index contributed by atoms with van der Waals surface area (Å²) in [5.74, 6) is -0.907. The zero-order valence-electron chi connectivity index (χ0n) is 11.3. The largest absolute Gasteiger partial charge is 0.480 e. The highest BCUT2D eigenvalue weighted by molar-refractivity contribution is 5.73. The van der Waals surface area contributed by atoms with Crippen molar-refractivity contribution in [3.05, 3.63) is 40.3 Å². The Kier molecular flexibility index (Phi) is 4.47. The minimum atomic E-state index is -0.907. The number of carboxylic acids is 1. The van der Waals surface area contributed by atoms with Crippen LogP contribution in [0.1, 0.15) is 19.0 Å². The number of fused-ring (bicyclic) bond motifs is 1. The normalized spacial score (nSPS) is 11.1. The average Bonchev–Trinajstić information content (AvgIpc) is 2.39. The second-order valence-corrected chi connectivity index (χ2v) is 4.63. The third kappa shape index (κ3) is 3.42. The number of carboxylic acid groups (broad SMARTS) is 1. The van der Waals surface area contributed by atoms with Gasteiger partial charge in [-0.15, -0.1) is 0 Å². The van der Waals surface area contributed by atoms with Crippen LogP contribution in [0.25, 0.3) is 11.0 Å². The summed E-state index contributed by atoms with van der Waals surface area (Å²) in [4.78, 5) is 31.6. The molecular weight excluding hydrogens is 258 g/mol. The molecule has 0 atom stereocenters. The second kappa shape index (κ2) is 6.29. The fourth-order valence-electron chi connectivity index (χ4n) is 2.11. The molecule has 0 spiro atoms. The Labute approximate surface area is 116 Å². The summed E-state index contributed by atoms with van der Waals surface area (Å²) in [5.41, 5.74) is 1.46. The van der Waals surface area contributed by atoms with Gasteiger partial charge >= 0.3 is 5.97 Å². The highest BCUT2D eigenvalue weighted by atomic mass is 16.4. The maximum Gasteiger partial charge on any atom is 0.317 e. The van der Waals surface area contributed by atoms with E-state index >= 15 is 0 Å². The van der Waals surface area contributed by atoms with Gasteiger partial charge in [0.1, 0.15) is 5.69 Å². The molecule has 0 aliphatic heterocycles. The summed E-state index contributed by atoms with van der Waals surface area (Å²) in [5, 5.41) is 8.88. The monoisotopic (exact) mass is 275 g/mol. The minimum Gasteiger partial charge on any atom is -0.480 e. The zero-order chi connectivity index (χ0) is 14.5. The first-order valence-electron chi connectivity index (χ1n) is 6.52. The molecule has 106 valence electrons. The second-order valence-electron chi connectivity index (χ2n) is 4.63. The van der Waals surface area contributed by atoms with Crippen LogP contribution in [0.15, 0.2) is 29.1 Å². The molecule has 0 saturated heterocycles. The number of aliphatic carboxylic acids is 1. The Morgan fingerprint density at radius 2 is 2.15 bits per heavy atom. The van der Waals surface area contributed by atoms with E-state index in [1.807, 2.05) is 25.1 Å². The molecule has 1 aromatic heterocycles. The molecule has 2 rings (SSSR count). The van der Waals surface area contributed by atoms with E-state index in [-0.39, 0.29) is 18.6 Å². The fraction of sp³-hybridized carbons (Fsp3) is 0.357. The van der Waals surface area contributed by atoms with E-state index in [0.717, 1.165) is 6.42 Å². The van der Waals surface area contributed by atoms with E-state index in [1.165, 1.54) is 0 Å². The van der Waals surface area contributed by atoms with Crippen molar-refractivity contribution in [1.82, 2.24) is 14.9 Å². The molecule has 0 aliphatic rings. The third-order valence-corrected chi connectivity index (χ3v) is 2.94. The molecule has 6 nitrogen and oxygen atoms in total. The topological polar surface area (TPSA) is 86.3 Å². The molecule has 0 bridgehead atoms. The van der Waals surface area contributed by atoms with Crippen molar-refractivity contribution in [3.8, 4) is 0 Å². The number of para-hydroxylation sites is 2. The van der Waals surface area contributed by atoms with Gasteiger partial charge in [-0.1, -0.05) is 19.1 Å². The lowest BCUT2D eigenvalue weighted by atomic mass is 10.3. The van der Waals surface area contributed by atoms with E-state index in [4.69, 9.17) is 5.11 Å². The van der Waals surface area contributed by atoms with Gasteiger partial charge in [0.2, 0.25) is 0 Å². The summed E-state index contributed by atoms with van der Waals surface area (Å²) < 4.78 is 0. The zero-order valence-corrected chi connectivity index (χ0v) is 11.3. The van der Waals surface area contributed by atoms with Crippen LogP contribution in [0, 0.1) is 0 Å². The van der Waals surface area contributed by atoms with Gasteiger partial charge in [0, 0.05) is 6.54 Å². The number of hydrogen-bond acceptors (Lipinski definition) is 4. The van der Waals surface area contributed by atoms with Crippen molar-refractivity contribution in [2.45, 2.75) is 19.9 Å². The number of nitrogens with one attached hydrogen (secondary N) is 1. The van der Waals surface area contributed by atoms with E-state index in [9.17, 15) is 9.59 Å². The minimum absolute atomic E-state index is 0.0954. The average molecular weight is 275 g/mol. The van der Waals surface area contributed by atoms with Crippen LogP contribution < -0.4 is 5.56 Å². The Morgan fingerprint density at radius 3 is 2.85 bits per heavy atom. The molecule has 1 heterocycles. The number of carbonyl (C=O) groups is 1. The van der Waals surface area contributed by atoms with Crippen molar-refractivity contribution in [3.63, 3.8) is 0 Å². The molecule has 2 aromatic rings. The van der Waals surface area contributed by atoms with Gasteiger partial charge < -0.3 is 10.1 Å². The molecule has 0 fully saturated rings. The number of rotatable bonds is 6. The van der Waals surface area contributed by atoms with Crippen LogP contribution in [0.5, 0.6) is 0 Å². The lowest BCUT2D eigenvalue weighted by Crippen LogP contribution is -2.33. The summed E-state index contributed by atoms with van der Waals surface area (Å²) in [6, 6.07) is 7.27. The first-order valence-corrected chi connectivity index (χ1v) is 6.52. The summed E-state index contributed by atoms with van der Waals surface area (Å²) >= 11 is 0. The molecule has 0 unspecified atom stereocenters. The molecule has 2 N–H and O–H groups in total. The summed E-state index contributed by atoms with van der Waals surface area (Å²) in [7, 11) is 0. The van der Waals surface area contributed by atoms with E-state index in [2.05, 4.69) is 9.97 Å². The molecule has 6 heteroatoms. The van der Waals surface area contributed by atoms with Gasteiger partial charge in [-0.25, -0.2) is 4.98 Å². The van der Waals surface area contributed by atoms with Crippen molar-refractivity contribution in [2.24, 2.45) is 0 Å². The Bertz CT molecular complexity index is 666. The number of nitrogens with zero attached hydrogens (tertiary/aromatic N) is 2. The molecule has 0 amide bonds. The van der Waals surface area contributed by atoms with Crippen molar-refractivity contribution >= 4 is 17.0 Å².